The number of benzene rings is 1. The first kappa shape index (κ1) is 17.6. The molecule has 1 aliphatic rings. The third-order valence-corrected chi connectivity index (χ3v) is 4.75. The van der Waals surface area contributed by atoms with Gasteiger partial charge in [0.2, 0.25) is 5.91 Å². The van der Waals surface area contributed by atoms with Gasteiger partial charge in [0, 0.05) is 24.6 Å². The number of fused-ring (bicyclic) bond motifs is 1. The van der Waals surface area contributed by atoms with Gasteiger partial charge in [0.05, 0.1) is 5.56 Å². The molecule has 6 heteroatoms. The van der Waals surface area contributed by atoms with Crippen molar-refractivity contribution in [1.29, 1.82) is 0 Å². The van der Waals surface area contributed by atoms with E-state index in [0.717, 1.165) is 50.9 Å². The number of hydrogen-bond acceptors (Lipinski definition) is 3. The predicted molar refractivity (Wildman–Crippen MR) is 95.7 cm³/mol. The van der Waals surface area contributed by atoms with Crippen LogP contribution in [0.25, 0.3) is 11.4 Å². The lowest BCUT2D eigenvalue weighted by Crippen LogP contribution is -2.20. The Kier molecular flexibility index (Phi) is 5.46. The number of aryl methyl sites for hydroxylation is 1. The van der Waals surface area contributed by atoms with Gasteiger partial charge in [-0.15, -0.1) is 10.2 Å². The molecule has 0 aliphatic carbocycles. The van der Waals surface area contributed by atoms with Crippen molar-refractivity contribution in [2.75, 3.05) is 5.32 Å². The van der Waals surface area contributed by atoms with Crippen LogP contribution in [0.3, 0.4) is 0 Å². The summed E-state index contributed by atoms with van der Waals surface area (Å²) in [7, 11) is 0. The van der Waals surface area contributed by atoms with Crippen molar-refractivity contribution in [1.82, 2.24) is 14.8 Å². The maximum Gasteiger partial charge on any atom is 0.227 e. The van der Waals surface area contributed by atoms with E-state index in [9.17, 15) is 9.18 Å². The fourth-order valence-electron chi connectivity index (χ4n) is 3.29. The SMILES string of the molecule is CCCC(C)C(=O)Nc1ccc(F)c(-c2nnc3n2CCCCC3)c1. The maximum atomic E-state index is 14.4. The van der Waals surface area contributed by atoms with Crippen LogP contribution in [0.1, 0.15) is 51.8 Å². The van der Waals surface area contributed by atoms with E-state index in [0.29, 0.717) is 17.1 Å². The summed E-state index contributed by atoms with van der Waals surface area (Å²) < 4.78 is 16.4. The molecule has 25 heavy (non-hydrogen) atoms. The molecule has 0 saturated carbocycles. The first-order chi connectivity index (χ1) is 12.1. The standard InChI is InChI=1S/C19H25FN4O/c1-3-7-13(2)19(25)21-14-9-10-16(20)15(12-14)18-23-22-17-8-5-4-6-11-24(17)18/h9-10,12-13H,3-8,11H2,1-2H3,(H,21,25). The van der Waals surface area contributed by atoms with Crippen LogP contribution in [0, 0.1) is 11.7 Å². The summed E-state index contributed by atoms with van der Waals surface area (Å²) in [5.41, 5.74) is 0.983. The Morgan fingerprint density at radius 1 is 1.32 bits per heavy atom. The van der Waals surface area contributed by atoms with E-state index in [-0.39, 0.29) is 17.6 Å². The maximum absolute atomic E-state index is 14.4. The molecule has 1 aliphatic heterocycles. The lowest BCUT2D eigenvalue weighted by molar-refractivity contribution is -0.119. The summed E-state index contributed by atoms with van der Waals surface area (Å²) in [6.07, 6.45) is 5.94. The van der Waals surface area contributed by atoms with E-state index in [1.54, 1.807) is 12.1 Å². The Hall–Kier alpha value is -2.24. The average Bonchev–Trinajstić information content (AvgIpc) is 2.84. The first-order valence-corrected chi connectivity index (χ1v) is 9.13. The molecule has 2 aromatic rings. The number of carbonyl (C=O) groups excluding carboxylic acids is 1. The van der Waals surface area contributed by atoms with Crippen molar-refractivity contribution in [2.45, 2.75) is 58.9 Å². The van der Waals surface area contributed by atoms with Crippen LogP contribution in [0.2, 0.25) is 0 Å². The number of rotatable bonds is 5. The Morgan fingerprint density at radius 3 is 2.96 bits per heavy atom. The summed E-state index contributed by atoms with van der Waals surface area (Å²) >= 11 is 0. The zero-order valence-electron chi connectivity index (χ0n) is 14.9. The number of carbonyl (C=O) groups is 1. The third-order valence-electron chi connectivity index (χ3n) is 4.75. The van der Waals surface area contributed by atoms with Crippen LogP contribution in [-0.2, 0) is 17.8 Å². The highest BCUT2D eigenvalue weighted by atomic mass is 19.1. The van der Waals surface area contributed by atoms with Crippen molar-refractivity contribution in [3.63, 3.8) is 0 Å². The first-order valence-electron chi connectivity index (χ1n) is 9.13. The summed E-state index contributed by atoms with van der Waals surface area (Å²) in [6, 6.07) is 4.64. The molecule has 1 aromatic heterocycles. The highest BCUT2D eigenvalue weighted by molar-refractivity contribution is 5.92. The van der Waals surface area contributed by atoms with Gasteiger partial charge in [-0.1, -0.05) is 26.7 Å². The Morgan fingerprint density at radius 2 is 2.16 bits per heavy atom. The normalized spacial score (nSPS) is 15.3. The lowest BCUT2D eigenvalue weighted by Gasteiger charge is -2.13. The molecular formula is C19H25FN4O. The molecule has 0 radical (unpaired) electrons. The van der Waals surface area contributed by atoms with Crippen LogP contribution in [0.5, 0.6) is 0 Å². The van der Waals surface area contributed by atoms with Gasteiger partial charge in [0.15, 0.2) is 5.82 Å². The Balaban J connectivity index is 1.88. The number of amides is 1. The van der Waals surface area contributed by atoms with Crippen molar-refractivity contribution in [2.24, 2.45) is 5.92 Å². The Labute approximate surface area is 147 Å². The molecule has 3 rings (SSSR count). The molecule has 1 atom stereocenters. The molecule has 0 bridgehead atoms. The van der Waals surface area contributed by atoms with Gasteiger partial charge in [-0.05, 0) is 37.5 Å². The topological polar surface area (TPSA) is 59.8 Å². The van der Waals surface area contributed by atoms with Crippen LogP contribution >= 0.6 is 0 Å². The van der Waals surface area contributed by atoms with Crippen molar-refractivity contribution in [3.05, 3.63) is 29.8 Å². The summed E-state index contributed by atoms with van der Waals surface area (Å²) in [6.45, 7) is 4.76. The number of aromatic nitrogens is 3. The van der Waals surface area contributed by atoms with Gasteiger partial charge in [-0.25, -0.2) is 4.39 Å². The zero-order valence-corrected chi connectivity index (χ0v) is 14.9. The van der Waals surface area contributed by atoms with Crippen LogP contribution in [0.4, 0.5) is 10.1 Å². The van der Waals surface area contributed by atoms with E-state index >= 15 is 0 Å². The molecular weight excluding hydrogens is 319 g/mol. The largest absolute Gasteiger partial charge is 0.326 e. The van der Waals surface area contributed by atoms with Crippen LogP contribution < -0.4 is 5.32 Å². The average molecular weight is 344 g/mol. The van der Waals surface area contributed by atoms with Crippen LogP contribution in [0.15, 0.2) is 18.2 Å². The summed E-state index contributed by atoms with van der Waals surface area (Å²) in [5.74, 6) is 1.01. The van der Waals surface area contributed by atoms with Crippen molar-refractivity contribution < 1.29 is 9.18 Å². The molecule has 1 aromatic carbocycles. The second kappa shape index (κ2) is 7.76. The fourth-order valence-corrected chi connectivity index (χ4v) is 3.29. The molecule has 1 amide bonds. The second-order valence-corrected chi connectivity index (χ2v) is 6.78. The number of nitrogens with zero attached hydrogens (tertiary/aromatic N) is 3. The highest BCUT2D eigenvalue weighted by Gasteiger charge is 2.20. The van der Waals surface area contributed by atoms with Gasteiger partial charge in [0.1, 0.15) is 11.6 Å². The number of halogens is 1. The highest BCUT2D eigenvalue weighted by Crippen LogP contribution is 2.27. The van der Waals surface area contributed by atoms with Gasteiger partial charge in [-0.3, -0.25) is 4.79 Å². The van der Waals surface area contributed by atoms with E-state index in [4.69, 9.17) is 0 Å². The number of nitrogens with one attached hydrogen (secondary N) is 1. The summed E-state index contributed by atoms with van der Waals surface area (Å²) in [4.78, 5) is 12.2. The molecule has 134 valence electrons. The van der Waals surface area contributed by atoms with E-state index < -0.39 is 0 Å². The quantitative estimate of drug-likeness (QED) is 0.885. The Bertz CT molecular complexity index is 756. The van der Waals surface area contributed by atoms with Gasteiger partial charge in [0.25, 0.3) is 0 Å². The molecule has 0 spiro atoms. The van der Waals surface area contributed by atoms with Crippen molar-refractivity contribution in [3.8, 4) is 11.4 Å². The van der Waals surface area contributed by atoms with E-state index in [2.05, 4.69) is 22.4 Å². The molecule has 1 unspecified atom stereocenters. The minimum absolute atomic E-state index is 0.0421. The second-order valence-electron chi connectivity index (χ2n) is 6.78. The smallest absolute Gasteiger partial charge is 0.227 e. The zero-order chi connectivity index (χ0) is 17.8. The molecule has 0 saturated heterocycles. The van der Waals surface area contributed by atoms with Crippen molar-refractivity contribution >= 4 is 11.6 Å². The minimum Gasteiger partial charge on any atom is -0.326 e. The van der Waals surface area contributed by atoms with Gasteiger partial charge >= 0.3 is 0 Å². The molecule has 1 N–H and O–H groups in total. The lowest BCUT2D eigenvalue weighted by atomic mass is 10.1. The molecule has 5 nitrogen and oxygen atoms in total. The number of anilines is 1. The molecule has 0 fully saturated rings. The minimum atomic E-state index is -0.348. The summed E-state index contributed by atoms with van der Waals surface area (Å²) in [5, 5.41) is 11.3. The van der Waals surface area contributed by atoms with Gasteiger partial charge < -0.3 is 9.88 Å². The van der Waals surface area contributed by atoms with E-state index in [1.807, 2.05) is 11.5 Å². The predicted octanol–water partition coefficient (Wildman–Crippen LogP) is 4.19. The fraction of sp³-hybridized carbons (Fsp3) is 0.526. The number of hydrogen-bond donors (Lipinski definition) is 1. The van der Waals surface area contributed by atoms with E-state index in [1.165, 1.54) is 6.07 Å². The third kappa shape index (κ3) is 3.89. The monoisotopic (exact) mass is 344 g/mol. The van der Waals surface area contributed by atoms with Crippen LogP contribution in [-0.4, -0.2) is 20.7 Å². The van der Waals surface area contributed by atoms with Gasteiger partial charge in [-0.2, -0.15) is 0 Å². The molecule has 2 heterocycles.